The third-order valence-corrected chi connectivity index (χ3v) is 6.53. The van der Waals surface area contributed by atoms with Gasteiger partial charge >= 0.3 is 0 Å². The van der Waals surface area contributed by atoms with Gasteiger partial charge in [0.25, 0.3) is 0 Å². The van der Waals surface area contributed by atoms with Crippen molar-refractivity contribution in [2.24, 2.45) is 5.92 Å². The smallest absolute Gasteiger partial charge is 0.231 e. The lowest BCUT2D eigenvalue weighted by Crippen LogP contribution is -2.42. The lowest BCUT2D eigenvalue weighted by Gasteiger charge is -2.32. The highest BCUT2D eigenvalue weighted by Crippen LogP contribution is 2.33. The van der Waals surface area contributed by atoms with Gasteiger partial charge in [-0.2, -0.15) is 0 Å². The Morgan fingerprint density at radius 2 is 1.91 bits per heavy atom. The van der Waals surface area contributed by atoms with Crippen LogP contribution >= 0.6 is 0 Å². The molecule has 3 aromatic rings. The summed E-state index contributed by atoms with van der Waals surface area (Å²) in [7, 11) is 1.70. The summed E-state index contributed by atoms with van der Waals surface area (Å²) in [5, 5.41) is 3.11. The minimum Gasteiger partial charge on any atom is -0.496 e. The van der Waals surface area contributed by atoms with Crippen molar-refractivity contribution >= 4 is 5.91 Å². The summed E-state index contributed by atoms with van der Waals surface area (Å²) in [6.45, 7) is 3.35. The summed E-state index contributed by atoms with van der Waals surface area (Å²) in [4.78, 5) is 15.3. The zero-order chi connectivity index (χ0) is 23.3. The first-order chi connectivity index (χ1) is 16.7. The van der Waals surface area contributed by atoms with Gasteiger partial charge in [0.05, 0.1) is 13.0 Å². The van der Waals surface area contributed by atoms with Crippen LogP contribution in [0.1, 0.15) is 24.0 Å². The number of methoxy groups -OCH3 is 1. The van der Waals surface area contributed by atoms with Crippen molar-refractivity contribution < 1.29 is 19.0 Å². The number of hydrogen-bond donors (Lipinski definition) is 1. The summed E-state index contributed by atoms with van der Waals surface area (Å²) in [5.74, 6) is 2.49. The highest BCUT2D eigenvalue weighted by Gasteiger charge is 2.26. The number of rotatable bonds is 7. The van der Waals surface area contributed by atoms with Gasteiger partial charge in [0.2, 0.25) is 12.7 Å². The first-order valence-electron chi connectivity index (χ1n) is 11.8. The largest absolute Gasteiger partial charge is 0.496 e. The number of fused-ring (bicyclic) bond motifs is 1. The summed E-state index contributed by atoms with van der Waals surface area (Å²) in [6, 6.07) is 22.5. The number of likely N-dealkylation sites (tertiary alicyclic amines) is 1. The number of benzene rings is 3. The van der Waals surface area contributed by atoms with E-state index in [0.29, 0.717) is 6.54 Å². The molecule has 3 aromatic carbocycles. The molecule has 5 rings (SSSR count). The second kappa shape index (κ2) is 10.2. The van der Waals surface area contributed by atoms with Gasteiger partial charge < -0.3 is 19.5 Å². The molecule has 1 atom stereocenters. The molecule has 1 N–H and O–H groups in total. The molecular weight excluding hydrogens is 428 g/mol. The van der Waals surface area contributed by atoms with E-state index in [0.717, 1.165) is 66.4 Å². The number of hydrogen-bond acceptors (Lipinski definition) is 5. The van der Waals surface area contributed by atoms with E-state index in [2.05, 4.69) is 40.5 Å². The van der Waals surface area contributed by atoms with Crippen molar-refractivity contribution in [1.29, 1.82) is 0 Å². The summed E-state index contributed by atoms with van der Waals surface area (Å²) >= 11 is 0. The third kappa shape index (κ3) is 5.02. The van der Waals surface area contributed by atoms with Crippen LogP contribution in [0.2, 0.25) is 0 Å². The molecule has 1 fully saturated rings. The van der Waals surface area contributed by atoms with Crippen molar-refractivity contribution in [2.75, 3.05) is 27.0 Å². The Balaban J connectivity index is 1.19. The molecule has 6 nitrogen and oxygen atoms in total. The van der Waals surface area contributed by atoms with Crippen LogP contribution in [-0.2, 0) is 17.9 Å². The molecule has 0 aliphatic carbocycles. The molecular formula is C28H30N2O4. The van der Waals surface area contributed by atoms with Gasteiger partial charge in [-0.1, -0.05) is 42.5 Å². The van der Waals surface area contributed by atoms with E-state index >= 15 is 0 Å². The molecule has 1 unspecified atom stereocenters. The highest BCUT2D eigenvalue weighted by atomic mass is 16.7. The maximum Gasteiger partial charge on any atom is 0.231 e. The molecule has 1 saturated heterocycles. The van der Waals surface area contributed by atoms with Crippen molar-refractivity contribution in [1.82, 2.24) is 10.2 Å². The van der Waals surface area contributed by atoms with Gasteiger partial charge in [-0.05, 0) is 60.3 Å². The third-order valence-electron chi connectivity index (χ3n) is 6.53. The molecule has 0 spiro atoms. The Labute approximate surface area is 200 Å². The summed E-state index contributed by atoms with van der Waals surface area (Å²) in [6.07, 6.45) is 1.94. The van der Waals surface area contributed by atoms with Crippen LogP contribution < -0.4 is 19.5 Å². The lowest BCUT2D eigenvalue weighted by molar-refractivity contribution is -0.126. The number of ether oxygens (including phenoxy) is 3. The van der Waals surface area contributed by atoms with E-state index in [1.165, 1.54) is 5.56 Å². The lowest BCUT2D eigenvalue weighted by atomic mass is 9.96. The molecule has 0 radical (unpaired) electrons. The topological polar surface area (TPSA) is 60.0 Å². The molecule has 0 aromatic heterocycles. The minimum atomic E-state index is 0.000149. The fourth-order valence-electron chi connectivity index (χ4n) is 4.78. The Bertz CT molecular complexity index is 1160. The fourth-order valence-corrected chi connectivity index (χ4v) is 4.78. The van der Waals surface area contributed by atoms with Crippen LogP contribution in [0, 0.1) is 5.92 Å². The van der Waals surface area contributed by atoms with E-state index in [9.17, 15) is 4.79 Å². The predicted molar refractivity (Wildman–Crippen MR) is 131 cm³/mol. The Morgan fingerprint density at radius 3 is 2.82 bits per heavy atom. The van der Waals surface area contributed by atoms with Crippen LogP contribution in [0.25, 0.3) is 11.1 Å². The van der Waals surface area contributed by atoms with Crippen molar-refractivity contribution in [3.63, 3.8) is 0 Å². The number of amides is 1. The second-order valence-electron chi connectivity index (χ2n) is 8.88. The van der Waals surface area contributed by atoms with E-state index in [-0.39, 0.29) is 18.6 Å². The molecule has 34 heavy (non-hydrogen) atoms. The van der Waals surface area contributed by atoms with E-state index < -0.39 is 0 Å². The number of carbonyl (C=O) groups excluding carboxylic acids is 1. The van der Waals surface area contributed by atoms with Gasteiger partial charge in [0.1, 0.15) is 5.75 Å². The van der Waals surface area contributed by atoms with Crippen LogP contribution in [0.4, 0.5) is 0 Å². The van der Waals surface area contributed by atoms with E-state index in [4.69, 9.17) is 14.2 Å². The number of piperidine rings is 1. The van der Waals surface area contributed by atoms with Gasteiger partial charge in [0, 0.05) is 25.2 Å². The Morgan fingerprint density at radius 1 is 1.03 bits per heavy atom. The van der Waals surface area contributed by atoms with Crippen molar-refractivity contribution in [2.45, 2.75) is 25.9 Å². The zero-order valence-electron chi connectivity index (χ0n) is 19.5. The molecule has 176 valence electrons. The maximum absolute atomic E-state index is 12.9. The van der Waals surface area contributed by atoms with Gasteiger partial charge in [0.15, 0.2) is 11.5 Å². The molecule has 1 amide bonds. The van der Waals surface area contributed by atoms with E-state index in [1.54, 1.807) is 7.11 Å². The first kappa shape index (κ1) is 22.3. The molecule has 2 aliphatic rings. The maximum atomic E-state index is 12.9. The average molecular weight is 459 g/mol. The first-order valence-corrected chi connectivity index (χ1v) is 11.8. The second-order valence-corrected chi connectivity index (χ2v) is 8.88. The van der Waals surface area contributed by atoms with Crippen LogP contribution in [-0.4, -0.2) is 37.8 Å². The normalized spacial score (nSPS) is 17.4. The minimum absolute atomic E-state index is 0.000149. The summed E-state index contributed by atoms with van der Waals surface area (Å²) in [5.41, 5.74) is 4.49. The number of para-hydroxylation sites is 1. The monoisotopic (exact) mass is 458 g/mol. The molecule has 0 saturated carbocycles. The fraction of sp³-hybridized carbons (Fsp3) is 0.321. The number of nitrogens with zero attached hydrogens (tertiary/aromatic N) is 1. The quantitative estimate of drug-likeness (QED) is 0.560. The summed E-state index contributed by atoms with van der Waals surface area (Å²) < 4.78 is 16.3. The molecule has 2 aliphatic heterocycles. The average Bonchev–Trinajstić information content (AvgIpc) is 3.35. The Hall–Kier alpha value is -3.51. The van der Waals surface area contributed by atoms with Gasteiger partial charge in [-0.25, -0.2) is 0 Å². The van der Waals surface area contributed by atoms with Crippen molar-refractivity contribution in [3.05, 3.63) is 77.9 Å². The van der Waals surface area contributed by atoms with Crippen molar-refractivity contribution in [3.8, 4) is 28.4 Å². The SMILES string of the molecule is COc1ccccc1-c1cccc(CN2CCCC(C(=O)NCc3ccc4c(c3)OCO4)C2)c1. The molecule has 0 bridgehead atoms. The standard InChI is InChI=1S/C28H30N2O4/c1-32-25-10-3-2-9-24(25)22-7-4-6-21(14-22)17-30-13-5-8-23(18-30)28(31)29-16-20-11-12-26-27(15-20)34-19-33-26/h2-4,6-7,9-12,14-15,23H,5,8,13,16-19H2,1H3,(H,29,31). The predicted octanol–water partition coefficient (Wildman–Crippen LogP) is 4.62. The Kier molecular flexibility index (Phi) is 6.67. The van der Waals surface area contributed by atoms with E-state index in [1.807, 2.05) is 36.4 Å². The number of carbonyl (C=O) groups is 1. The van der Waals surface area contributed by atoms with Crippen LogP contribution in [0.3, 0.4) is 0 Å². The molecule has 2 heterocycles. The number of nitrogens with one attached hydrogen (secondary N) is 1. The molecule has 6 heteroatoms. The van der Waals surface area contributed by atoms with Crippen LogP contribution in [0.5, 0.6) is 17.2 Å². The van der Waals surface area contributed by atoms with Gasteiger partial charge in [-0.15, -0.1) is 0 Å². The van der Waals surface area contributed by atoms with Gasteiger partial charge in [-0.3, -0.25) is 9.69 Å². The highest BCUT2D eigenvalue weighted by molar-refractivity contribution is 5.79. The van der Waals surface area contributed by atoms with Crippen LogP contribution in [0.15, 0.2) is 66.7 Å². The zero-order valence-corrected chi connectivity index (χ0v) is 19.5.